The van der Waals surface area contributed by atoms with Gasteiger partial charge in [-0.2, -0.15) is 5.26 Å². The minimum Gasteiger partial charge on any atom is -0.459 e. The first kappa shape index (κ1) is 30.2. The number of sulfone groups is 2. The molecule has 2 aliphatic heterocycles. The van der Waals surface area contributed by atoms with Crippen molar-refractivity contribution in [2.45, 2.75) is 19.3 Å². The average Bonchev–Trinajstić information content (AvgIpc) is 2.89. The van der Waals surface area contributed by atoms with Crippen molar-refractivity contribution in [3.05, 3.63) is 91.9 Å². The maximum atomic E-state index is 15.3. The number of ether oxygens (including phenoxy) is 2. The standard InChI is InChI=1S/C27H24ClFN2O8S2/c1-16-22(27(33)39-10-9-38-26(32)18-6-2-5-17(13-18)14-30)24(23-19(28)7-3-8-20(23)29)25-21(31-16)15-40(34,35)11-4-12-41(25,36)37/h2-3,5-8,13,24,31H,4,9-12,15H2,1H3. The molecular formula is C27H24ClFN2O8S2. The Labute approximate surface area is 241 Å². The van der Waals surface area contributed by atoms with Crippen LogP contribution in [0.4, 0.5) is 4.39 Å². The molecule has 14 heteroatoms. The minimum absolute atomic E-state index is 0.0503. The number of benzene rings is 2. The van der Waals surface area contributed by atoms with Gasteiger partial charge in [-0.25, -0.2) is 30.8 Å². The van der Waals surface area contributed by atoms with E-state index in [1.807, 2.05) is 6.07 Å². The summed E-state index contributed by atoms with van der Waals surface area (Å²) < 4.78 is 77.9. The van der Waals surface area contributed by atoms with Crippen molar-refractivity contribution in [3.8, 4) is 6.07 Å². The Balaban J connectivity index is 1.66. The fraction of sp³-hybridized carbons (Fsp3) is 0.296. The van der Waals surface area contributed by atoms with Crippen molar-refractivity contribution in [1.29, 1.82) is 5.26 Å². The van der Waals surface area contributed by atoms with Crippen LogP contribution < -0.4 is 5.32 Å². The summed E-state index contributed by atoms with van der Waals surface area (Å²) >= 11 is 6.33. The smallest absolute Gasteiger partial charge is 0.338 e. The summed E-state index contributed by atoms with van der Waals surface area (Å²) in [5, 5.41) is 11.6. The van der Waals surface area contributed by atoms with Crippen LogP contribution in [0.2, 0.25) is 5.02 Å². The van der Waals surface area contributed by atoms with E-state index in [-0.39, 0.29) is 57.5 Å². The summed E-state index contributed by atoms with van der Waals surface area (Å²) in [7, 11) is -7.91. The number of rotatable bonds is 6. The monoisotopic (exact) mass is 622 g/mol. The number of hydrogen-bond acceptors (Lipinski definition) is 10. The predicted molar refractivity (Wildman–Crippen MR) is 146 cm³/mol. The number of esters is 2. The van der Waals surface area contributed by atoms with Gasteiger partial charge in [0.15, 0.2) is 19.7 Å². The molecule has 0 fully saturated rings. The lowest BCUT2D eigenvalue weighted by atomic mass is 9.86. The molecule has 2 aliphatic rings. The molecule has 2 aromatic carbocycles. The van der Waals surface area contributed by atoms with E-state index in [0.29, 0.717) is 0 Å². The molecule has 216 valence electrons. The second-order valence-corrected chi connectivity index (χ2v) is 14.0. The second kappa shape index (κ2) is 12.0. The summed E-state index contributed by atoms with van der Waals surface area (Å²) in [6.07, 6.45) is -0.176. The van der Waals surface area contributed by atoms with Gasteiger partial charge in [0, 0.05) is 22.0 Å². The first-order valence-electron chi connectivity index (χ1n) is 12.3. The van der Waals surface area contributed by atoms with E-state index in [2.05, 4.69) is 5.32 Å². The van der Waals surface area contributed by atoms with Gasteiger partial charge in [0.25, 0.3) is 0 Å². The average molecular weight is 623 g/mol. The molecule has 0 aliphatic carbocycles. The van der Waals surface area contributed by atoms with E-state index in [1.165, 1.54) is 43.3 Å². The number of nitrogens with zero attached hydrogens (tertiary/aromatic N) is 1. The van der Waals surface area contributed by atoms with Gasteiger partial charge in [0.1, 0.15) is 19.0 Å². The van der Waals surface area contributed by atoms with Crippen LogP contribution in [-0.2, 0) is 33.9 Å². The summed E-state index contributed by atoms with van der Waals surface area (Å²) in [6.45, 7) is 0.586. The second-order valence-electron chi connectivity index (χ2n) is 9.30. The van der Waals surface area contributed by atoms with Gasteiger partial charge in [-0.05, 0) is 43.7 Å². The number of carbonyl (C=O) groups is 2. The van der Waals surface area contributed by atoms with Gasteiger partial charge in [-0.1, -0.05) is 23.7 Å². The lowest BCUT2D eigenvalue weighted by Crippen LogP contribution is -2.38. The maximum Gasteiger partial charge on any atom is 0.338 e. The highest BCUT2D eigenvalue weighted by Crippen LogP contribution is 2.45. The van der Waals surface area contributed by atoms with Crippen molar-refractivity contribution in [2.24, 2.45) is 0 Å². The Morgan fingerprint density at radius 2 is 1.76 bits per heavy atom. The molecule has 4 rings (SSSR count). The lowest BCUT2D eigenvalue weighted by molar-refractivity contribution is -0.140. The molecule has 2 heterocycles. The number of carbonyl (C=O) groups excluding carboxylic acids is 2. The van der Waals surface area contributed by atoms with Crippen LogP contribution >= 0.6 is 11.6 Å². The number of dihydropyridines is 1. The van der Waals surface area contributed by atoms with Gasteiger partial charge in [-0.15, -0.1) is 0 Å². The third-order valence-corrected chi connectivity index (χ3v) is 10.4. The van der Waals surface area contributed by atoms with Crippen LogP contribution in [0, 0.1) is 17.1 Å². The van der Waals surface area contributed by atoms with E-state index in [0.717, 1.165) is 6.07 Å². The van der Waals surface area contributed by atoms with Crippen LogP contribution in [0.1, 0.15) is 40.7 Å². The Bertz CT molecular complexity index is 1720. The molecule has 1 N–H and O–H groups in total. The molecule has 10 nitrogen and oxygen atoms in total. The summed E-state index contributed by atoms with van der Waals surface area (Å²) in [5.74, 6) is -5.86. The highest BCUT2D eigenvalue weighted by atomic mass is 35.5. The molecule has 1 unspecified atom stereocenters. The maximum absolute atomic E-state index is 15.3. The van der Waals surface area contributed by atoms with Crippen molar-refractivity contribution >= 4 is 43.2 Å². The van der Waals surface area contributed by atoms with Gasteiger partial charge >= 0.3 is 11.9 Å². The Hall–Kier alpha value is -3.73. The summed E-state index contributed by atoms with van der Waals surface area (Å²) in [5.41, 5.74) is -0.374. The quantitative estimate of drug-likeness (QED) is 0.375. The topological polar surface area (TPSA) is 157 Å². The van der Waals surface area contributed by atoms with Gasteiger partial charge < -0.3 is 14.8 Å². The van der Waals surface area contributed by atoms with Crippen LogP contribution in [0.3, 0.4) is 0 Å². The highest BCUT2D eigenvalue weighted by Gasteiger charge is 2.44. The van der Waals surface area contributed by atoms with Crippen LogP contribution in [-0.4, -0.2) is 59.2 Å². The molecule has 0 radical (unpaired) electrons. The molecule has 0 bridgehead atoms. The van der Waals surface area contributed by atoms with Crippen molar-refractivity contribution in [3.63, 3.8) is 0 Å². The Kier molecular flexibility index (Phi) is 8.86. The zero-order valence-electron chi connectivity index (χ0n) is 21.6. The normalized spacial score (nSPS) is 19.6. The minimum atomic E-state index is -4.19. The van der Waals surface area contributed by atoms with E-state index >= 15 is 4.39 Å². The molecular weight excluding hydrogens is 599 g/mol. The van der Waals surface area contributed by atoms with Crippen LogP contribution in [0.5, 0.6) is 0 Å². The molecule has 0 amide bonds. The SMILES string of the molecule is CC1=C(C(=O)OCCOC(=O)c2cccc(C#N)c2)C(c2c(F)cccc2Cl)C2=C(CS(=O)(=O)CCCS2(=O)=O)N1. The van der Waals surface area contributed by atoms with Crippen LogP contribution in [0.15, 0.2) is 64.3 Å². The Morgan fingerprint density at radius 3 is 2.44 bits per heavy atom. The fourth-order valence-corrected chi connectivity index (χ4v) is 8.48. The number of nitrogens with one attached hydrogen (secondary N) is 1. The number of nitriles is 1. The van der Waals surface area contributed by atoms with E-state index in [1.54, 1.807) is 0 Å². The Morgan fingerprint density at radius 1 is 1.07 bits per heavy atom. The third kappa shape index (κ3) is 6.61. The van der Waals surface area contributed by atoms with Gasteiger partial charge in [0.2, 0.25) is 0 Å². The van der Waals surface area contributed by atoms with Crippen molar-refractivity contribution < 1.29 is 40.3 Å². The van der Waals surface area contributed by atoms with Gasteiger partial charge in [-0.3, -0.25) is 0 Å². The number of hydrogen-bond donors (Lipinski definition) is 1. The molecule has 0 saturated heterocycles. The van der Waals surface area contributed by atoms with E-state index < -0.39 is 66.4 Å². The van der Waals surface area contributed by atoms with Crippen LogP contribution in [0.25, 0.3) is 0 Å². The summed E-state index contributed by atoms with van der Waals surface area (Å²) in [6, 6.07) is 11.4. The van der Waals surface area contributed by atoms with Crippen molar-refractivity contribution in [1.82, 2.24) is 5.32 Å². The van der Waals surface area contributed by atoms with E-state index in [4.69, 9.17) is 26.3 Å². The largest absolute Gasteiger partial charge is 0.459 e. The predicted octanol–water partition coefficient (Wildman–Crippen LogP) is 3.16. The zero-order valence-corrected chi connectivity index (χ0v) is 24.0. The third-order valence-electron chi connectivity index (χ3n) is 6.44. The molecule has 0 saturated carbocycles. The fourth-order valence-electron chi connectivity index (χ4n) is 4.70. The first-order valence-corrected chi connectivity index (χ1v) is 16.1. The molecule has 1 atom stereocenters. The molecule has 0 spiro atoms. The first-order chi connectivity index (χ1) is 19.3. The molecule has 41 heavy (non-hydrogen) atoms. The zero-order chi connectivity index (χ0) is 29.9. The van der Waals surface area contributed by atoms with Gasteiger partial charge in [0.05, 0.1) is 50.9 Å². The highest BCUT2D eigenvalue weighted by molar-refractivity contribution is 7.95. The lowest BCUT2D eigenvalue weighted by Gasteiger charge is -2.33. The molecule has 2 aromatic rings. The van der Waals surface area contributed by atoms with E-state index in [9.17, 15) is 26.4 Å². The number of halogens is 2. The van der Waals surface area contributed by atoms with Crippen molar-refractivity contribution in [2.75, 3.05) is 30.5 Å². The summed E-state index contributed by atoms with van der Waals surface area (Å²) in [4.78, 5) is 25.2. The molecule has 0 aromatic heterocycles. The number of allylic oxidation sites excluding steroid dienone is 2.